The number of hydrogen-bond acceptors (Lipinski definition) is 4. The number of anilines is 1. The van der Waals surface area contributed by atoms with Gasteiger partial charge in [0.1, 0.15) is 11.6 Å². The molecule has 3 rings (SSSR count). The van der Waals surface area contributed by atoms with Gasteiger partial charge in [0.25, 0.3) is 5.56 Å². The van der Waals surface area contributed by atoms with Gasteiger partial charge >= 0.3 is 0 Å². The second-order valence-corrected chi connectivity index (χ2v) is 9.27. The minimum Gasteiger partial charge on any atom is -0.454 e. The fourth-order valence-electron chi connectivity index (χ4n) is 3.10. The first kappa shape index (κ1) is 22.5. The van der Waals surface area contributed by atoms with E-state index in [1.54, 1.807) is 19.3 Å². The number of benzene rings is 2. The summed E-state index contributed by atoms with van der Waals surface area (Å²) in [4.78, 5) is 12.5. The Morgan fingerprint density at radius 3 is 2.32 bits per heavy atom. The first-order chi connectivity index (χ1) is 14.4. The molecular formula is C22H22F2N2O4S. The van der Waals surface area contributed by atoms with E-state index in [1.807, 2.05) is 13.8 Å². The molecule has 0 amide bonds. The van der Waals surface area contributed by atoms with Crippen molar-refractivity contribution >= 4 is 15.7 Å². The summed E-state index contributed by atoms with van der Waals surface area (Å²) in [5.41, 5.74) is 1.66. The molecule has 0 bridgehead atoms. The number of halogens is 2. The average Bonchev–Trinajstić information content (AvgIpc) is 2.65. The SMILES string of the molecule is CC(C)c1cc(-c2cc(NS(C)(=O)=O)ccc2Oc2ccc(F)cc2F)cn(C)c1=O. The Balaban J connectivity index is 2.20. The molecule has 0 unspecified atom stereocenters. The summed E-state index contributed by atoms with van der Waals surface area (Å²) in [5.74, 6) is -1.67. The number of nitrogens with zero attached hydrogens (tertiary/aromatic N) is 1. The predicted molar refractivity (Wildman–Crippen MR) is 116 cm³/mol. The number of ether oxygens (including phenoxy) is 1. The Hall–Kier alpha value is -3.20. The maximum absolute atomic E-state index is 14.2. The molecule has 0 atom stereocenters. The van der Waals surface area contributed by atoms with Crippen molar-refractivity contribution in [3.05, 3.63) is 76.2 Å². The van der Waals surface area contributed by atoms with Crippen LogP contribution in [0.5, 0.6) is 11.5 Å². The van der Waals surface area contributed by atoms with E-state index in [0.717, 1.165) is 18.4 Å². The Labute approximate surface area is 179 Å². The van der Waals surface area contributed by atoms with Crippen molar-refractivity contribution in [3.63, 3.8) is 0 Å². The molecule has 3 aromatic rings. The molecule has 1 aromatic heterocycles. The van der Waals surface area contributed by atoms with Crippen LogP contribution in [0.3, 0.4) is 0 Å². The first-order valence-electron chi connectivity index (χ1n) is 9.40. The summed E-state index contributed by atoms with van der Waals surface area (Å²) in [5, 5.41) is 0. The van der Waals surface area contributed by atoms with Gasteiger partial charge in [-0.15, -0.1) is 0 Å². The zero-order chi connectivity index (χ0) is 22.9. The van der Waals surface area contributed by atoms with Crippen molar-refractivity contribution in [1.82, 2.24) is 4.57 Å². The van der Waals surface area contributed by atoms with Crippen molar-refractivity contribution in [2.24, 2.45) is 7.05 Å². The molecule has 0 saturated heterocycles. The maximum Gasteiger partial charge on any atom is 0.253 e. The van der Waals surface area contributed by atoms with Crippen molar-refractivity contribution in [3.8, 4) is 22.6 Å². The van der Waals surface area contributed by atoms with Crippen LogP contribution in [0.2, 0.25) is 0 Å². The van der Waals surface area contributed by atoms with Gasteiger partial charge in [0.2, 0.25) is 10.0 Å². The summed E-state index contributed by atoms with van der Waals surface area (Å²) in [6, 6.07) is 9.11. The van der Waals surface area contributed by atoms with Gasteiger partial charge in [0, 0.05) is 41.7 Å². The molecule has 6 nitrogen and oxygen atoms in total. The Bertz CT molecular complexity index is 1300. The Morgan fingerprint density at radius 1 is 1.03 bits per heavy atom. The molecule has 31 heavy (non-hydrogen) atoms. The highest BCUT2D eigenvalue weighted by Crippen LogP contribution is 2.37. The molecule has 0 saturated carbocycles. The fourth-order valence-corrected chi connectivity index (χ4v) is 3.65. The number of hydrogen-bond donors (Lipinski definition) is 1. The van der Waals surface area contributed by atoms with Gasteiger partial charge in [-0.3, -0.25) is 9.52 Å². The van der Waals surface area contributed by atoms with Crippen molar-refractivity contribution < 1.29 is 21.9 Å². The van der Waals surface area contributed by atoms with Crippen molar-refractivity contribution in [2.45, 2.75) is 19.8 Å². The van der Waals surface area contributed by atoms with E-state index in [0.29, 0.717) is 22.8 Å². The zero-order valence-electron chi connectivity index (χ0n) is 17.4. The van der Waals surface area contributed by atoms with E-state index >= 15 is 0 Å². The number of aryl methyl sites for hydroxylation is 1. The third-order valence-electron chi connectivity index (χ3n) is 4.54. The third kappa shape index (κ3) is 5.29. The van der Waals surface area contributed by atoms with Crippen LogP contribution in [0.4, 0.5) is 14.5 Å². The first-order valence-corrected chi connectivity index (χ1v) is 11.3. The summed E-state index contributed by atoms with van der Waals surface area (Å²) < 4.78 is 60.3. The maximum atomic E-state index is 14.2. The number of sulfonamides is 1. The minimum absolute atomic E-state index is 0.0603. The lowest BCUT2D eigenvalue weighted by Gasteiger charge is -2.16. The summed E-state index contributed by atoms with van der Waals surface area (Å²) in [6.07, 6.45) is 2.61. The molecule has 9 heteroatoms. The van der Waals surface area contributed by atoms with Gasteiger partial charge in [-0.1, -0.05) is 13.8 Å². The molecule has 0 fully saturated rings. The smallest absolute Gasteiger partial charge is 0.253 e. The molecule has 0 aliphatic rings. The van der Waals surface area contributed by atoms with E-state index in [2.05, 4.69) is 4.72 Å². The Kier molecular flexibility index (Phi) is 6.17. The predicted octanol–water partition coefficient (Wildman–Crippen LogP) is 4.62. The molecule has 1 N–H and O–H groups in total. The lowest BCUT2D eigenvalue weighted by atomic mass is 9.99. The van der Waals surface area contributed by atoms with E-state index in [9.17, 15) is 22.0 Å². The van der Waals surface area contributed by atoms with Gasteiger partial charge < -0.3 is 9.30 Å². The van der Waals surface area contributed by atoms with Gasteiger partial charge in [0.05, 0.1) is 6.26 Å². The monoisotopic (exact) mass is 448 g/mol. The average molecular weight is 448 g/mol. The van der Waals surface area contributed by atoms with Crippen molar-refractivity contribution in [1.29, 1.82) is 0 Å². The number of rotatable bonds is 6. The van der Waals surface area contributed by atoms with Gasteiger partial charge in [-0.25, -0.2) is 17.2 Å². The lowest BCUT2D eigenvalue weighted by molar-refractivity contribution is 0.439. The van der Waals surface area contributed by atoms with Crippen LogP contribution in [-0.4, -0.2) is 19.2 Å². The molecule has 0 aliphatic heterocycles. The van der Waals surface area contributed by atoms with Gasteiger partial charge in [-0.05, 0) is 42.3 Å². The quantitative estimate of drug-likeness (QED) is 0.597. The second kappa shape index (κ2) is 8.50. The van der Waals surface area contributed by atoms with E-state index in [1.165, 1.54) is 22.8 Å². The van der Waals surface area contributed by atoms with Crippen LogP contribution in [0.15, 0.2) is 53.5 Å². The van der Waals surface area contributed by atoms with Crippen LogP contribution >= 0.6 is 0 Å². The van der Waals surface area contributed by atoms with Crippen LogP contribution in [0.1, 0.15) is 25.3 Å². The van der Waals surface area contributed by atoms with Crippen LogP contribution < -0.4 is 15.0 Å². The largest absolute Gasteiger partial charge is 0.454 e. The van der Waals surface area contributed by atoms with Crippen LogP contribution in [0, 0.1) is 11.6 Å². The van der Waals surface area contributed by atoms with E-state index in [-0.39, 0.29) is 28.7 Å². The standard InChI is InChI=1S/C22H22F2N2O4S/c1-13(2)17-9-14(12-26(3)22(17)27)18-11-16(25-31(4,28)29)6-8-20(18)30-21-7-5-15(23)10-19(21)24/h5-13,25H,1-4H3. The second-order valence-electron chi connectivity index (χ2n) is 7.52. The summed E-state index contributed by atoms with van der Waals surface area (Å²) >= 11 is 0. The number of pyridine rings is 1. The summed E-state index contributed by atoms with van der Waals surface area (Å²) in [6.45, 7) is 3.76. The highest BCUT2D eigenvalue weighted by Gasteiger charge is 2.16. The minimum atomic E-state index is -3.54. The lowest BCUT2D eigenvalue weighted by Crippen LogP contribution is -2.21. The topological polar surface area (TPSA) is 77.4 Å². The van der Waals surface area contributed by atoms with Gasteiger partial charge in [-0.2, -0.15) is 0 Å². The highest BCUT2D eigenvalue weighted by atomic mass is 32.2. The number of nitrogens with one attached hydrogen (secondary N) is 1. The zero-order valence-corrected chi connectivity index (χ0v) is 18.3. The fraction of sp³-hybridized carbons (Fsp3) is 0.227. The molecule has 164 valence electrons. The van der Waals surface area contributed by atoms with E-state index in [4.69, 9.17) is 4.74 Å². The van der Waals surface area contributed by atoms with E-state index < -0.39 is 21.7 Å². The molecule has 2 aromatic carbocycles. The highest BCUT2D eigenvalue weighted by molar-refractivity contribution is 7.92. The van der Waals surface area contributed by atoms with Crippen LogP contribution in [0.25, 0.3) is 11.1 Å². The molecule has 0 spiro atoms. The molecule has 1 heterocycles. The Morgan fingerprint density at radius 2 is 1.71 bits per heavy atom. The normalized spacial score (nSPS) is 11.6. The van der Waals surface area contributed by atoms with Crippen LogP contribution in [-0.2, 0) is 17.1 Å². The number of aromatic nitrogens is 1. The van der Waals surface area contributed by atoms with Crippen molar-refractivity contribution in [2.75, 3.05) is 11.0 Å². The molecular weight excluding hydrogens is 426 g/mol. The molecule has 0 radical (unpaired) electrons. The van der Waals surface area contributed by atoms with Gasteiger partial charge in [0.15, 0.2) is 11.6 Å². The third-order valence-corrected chi connectivity index (χ3v) is 5.15. The molecule has 0 aliphatic carbocycles. The summed E-state index contributed by atoms with van der Waals surface area (Å²) in [7, 11) is -1.94.